The Bertz CT molecular complexity index is 407. The van der Waals surface area contributed by atoms with E-state index in [9.17, 15) is 13.6 Å². The molecule has 0 N–H and O–H groups in total. The van der Waals surface area contributed by atoms with Gasteiger partial charge in [0.1, 0.15) is 0 Å². The van der Waals surface area contributed by atoms with Crippen molar-refractivity contribution >= 4 is 27.5 Å². The average molecular weight is 304 g/mol. The van der Waals surface area contributed by atoms with Crippen LogP contribution in [0.15, 0.2) is 28.7 Å². The molecule has 1 aliphatic heterocycles. The summed E-state index contributed by atoms with van der Waals surface area (Å²) in [6, 6.07) is 5.88. The summed E-state index contributed by atoms with van der Waals surface area (Å²) in [6.07, 6.45) is -1.25. The minimum atomic E-state index is -2.50. The van der Waals surface area contributed by atoms with Crippen molar-refractivity contribution < 1.29 is 13.6 Å². The number of hydrogen-bond donors (Lipinski definition) is 0. The molecule has 1 heterocycles. The summed E-state index contributed by atoms with van der Waals surface area (Å²) in [5, 5.41) is 0. The standard InChI is InChI=1S/C12H12BrF2NO/c13-8-4-6-9(7-5-8)16-10(12(14)15)2-1-3-11(16)17/h4-7,10,12H,1-3H2. The van der Waals surface area contributed by atoms with E-state index >= 15 is 0 Å². The zero-order valence-electron chi connectivity index (χ0n) is 9.07. The van der Waals surface area contributed by atoms with Crippen LogP contribution in [0.1, 0.15) is 19.3 Å². The molecular weight excluding hydrogens is 292 g/mol. The molecule has 1 atom stereocenters. The third-order valence-electron chi connectivity index (χ3n) is 2.89. The van der Waals surface area contributed by atoms with Crippen molar-refractivity contribution in [2.45, 2.75) is 31.7 Å². The van der Waals surface area contributed by atoms with E-state index < -0.39 is 12.5 Å². The lowest BCUT2D eigenvalue weighted by Crippen LogP contribution is -2.47. The summed E-state index contributed by atoms with van der Waals surface area (Å²) < 4.78 is 26.7. The van der Waals surface area contributed by atoms with Crippen LogP contribution in [-0.4, -0.2) is 18.4 Å². The van der Waals surface area contributed by atoms with Gasteiger partial charge >= 0.3 is 0 Å². The molecule has 1 unspecified atom stereocenters. The lowest BCUT2D eigenvalue weighted by atomic mass is 10.0. The van der Waals surface area contributed by atoms with Crippen LogP contribution in [0, 0.1) is 0 Å². The van der Waals surface area contributed by atoms with Gasteiger partial charge in [-0.15, -0.1) is 0 Å². The molecular formula is C12H12BrF2NO. The maximum Gasteiger partial charge on any atom is 0.259 e. The van der Waals surface area contributed by atoms with Crippen molar-refractivity contribution in [1.82, 2.24) is 0 Å². The first-order valence-electron chi connectivity index (χ1n) is 5.45. The maximum absolute atomic E-state index is 12.9. The van der Waals surface area contributed by atoms with E-state index in [2.05, 4.69) is 15.9 Å². The fourth-order valence-corrected chi connectivity index (χ4v) is 2.34. The monoisotopic (exact) mass is 303 g/mol. The second-order valence-corrected chi connectivity index (χ2v) is 4.95. The van der Waals surface area contributed by atoms with Gasteiger partial charge in [-0.1, -0.05) is 15.9 Å². The van der Waals surface area contributed by atoms with Crippen molar-refractivity contribution in [2.75, 3.05) is 4.90 Å². The van der Waals surface area contributed by atoms with E-state index in [1.807, 2.05) is 0 Å². The molecule has 1 aromatic carbocycles. The fourth-order valence-electron chi connectivity index (χ4n) is 2.07. The highest BCUT2D eigenvalue weighted by atomic mass is 79.9. The molecule has 0 aliphatic carbocycles. The molecule has 17 heavy (non-hydrogen) atoms. The van der Waals surface area contributed by atoms with Gasteiger partial charge in [0.2, 0.25) is 5.91 Å². The molecule has 0 bridgehead atoms. The summed E-state index contributed by atoms with van der Waals surface area (Å²) in [5.74, 6) is -0.219. The maximum atomic E-state index is 12.9. The predicted molar refractivity (Wildman–Crippen MR) is 65.3 cm³/mol. The Hall–Kier alpha value is -0.970. The Morgan fingerprint density at radius 2 is 1.94 bits per heavy atom. The number of alkyl halides is 2. The molecule has 5 heteroatoms. The Morgan fingerprint density at radius 1 is 1.29 bits per heavy atom. The molecule has 92 valence electrons. The highest BCUT2D eigenvalue weighted by Crippen LogP contribution is 2.29. The number of amides is 1. The first kappa shape index (κ1) is 12.5. The first-order valence-corrected chi connectivity index (χ1v) is 6.24. The topological polar surface area (TPSA) is 20.3 Å². The summed E-state index contributed by atoms with van der Waals surface area (Å²) >= 11 is 3.28. The second kappa shape index (κ2) is 5.12. The van der Waals surface area contributed by atoms with Crippen LogP contribution in [-0.2, 0) is 4.79 Å². The molecule has 1 aliphatic rings. The van der Waals surface area contributed by atoms with Gasteiger partial charge in [0, 0.05) is 16.6 Å². The molecule has 1 fully saturated rings. The van der Waals surface area contributed by atoms with Crippen LogP contribution in [0.2, 0.25) is 0 Å². The first-order chi connectivity index (χ1) is 8.09. The number of halogens is 3. The van der Waals surface area contributed by atoms with Gasteiger partial charge in [-0.2, -0.15) is 0 Å². The Balaban J connectivity index is 2.31. The number of carbonyl (C=O) groups excluding carboxylic acids is 1. The number of anilines is 1. The normalized spacial score (nSPS) is 21.1. The van der Waals surface area contributed by atoms with Crippen LogP contribution >= 0.6 is 15.9 Å². The molecule has 1 amide bonds. The van der Waals surface area contributed by atoms with Gasteiger partial charge in [-0.05, 0) is 37.1 Å². The third-order valence-corrected chi connectivity index (χ3v) is 3.42. The lowest BCUT2D eigenvalue weighted by molar-refractivity contribution is -0.121. The highest BCUT2D eigenvalue weighted by molar-refractivity contribution is 9.10. The van der Waals surface area contributed by atoms with Crippen LogP contribution in [0.4, 0.5) is 14.5 Å². The molecule has 0 radical (unpaired) electrons. The number of piperidine rings is 1. The van der Waals surface area contributed by atoms with E-state index in [-0.39, 0.29) is 5.91 Å². The molecule has 0 spiro atoms. The molecule has 1 saturated heterocycles. The predicted octanol–water partition coefficient (Wildman–Crippen LogP) is 3.60. The number of nitrogens with zero attached hydrogens (tertiary/aromatic N) is 1. The molecule has 1 aromatic rings. The van der Waals surface area contributed by atoms with E-state index in [1.165, 1.54) is 4.90 Å². The number of benzene rings is 1. The zero-order valence-corrected chi connectivity index (χ0v) is 10.7. The van der Waals surface area contributed by atoms with E-state index in [4.69, 9.17) is 0 Å². The summed E-state index contributed by atoms with van der Waals surface area (Å²) in [6.45, 7) is 0. The average Bonchev–Trinajstić information content (AvgIpc) is 2.30. The highest BCUT2D eigenvalue weighted by Gasteiger charge is 2.35. The van der Waals surface area contributed by atoms with Gasteiger partial charge in [-0.25, -0.2) is 8.78 Å². The number of rotatable bonds is 2. The zero-order chi connectivity index (χ0) is 12.4. The fraction of sp³-hybridized carbons (Fsp3) is 0.417. The molecule has 0 saturated carbocycles. The van der Waals surface area contributed by atoms with Gasteiger partial charge in [0.15, 0.2) is 0 Å². The smallest absolute Gasteiger partial charge is 0.259 e. The van der Waals surface area contributed by atoms with E-state index in [1.54, 1.807) is 24.3 Å². The lowest BCUT2D eigenvalue weighted by Gasteiger charge is -2.35. The summed E-state index contributed by atoms with van der Waals surface area (Å²) in [4.78, 5) is 13.0. The van der Waals surface area contributed by atoms with Crippen LogP contribution < -0.4 is 4.90 Å². The van der Waals surface area contributed by atoms with Crippen molar-refractivity contribution in [3.05, 3.63) is 28.7 Å². The van der Waals surface area contributed by atoms with Crippen LogP contribution in [0.25, 0.3) is 0 Å². The summed E-state index contributed by atoms with van der Waals surface area (Å²) in [5.41, 5.74) is 0.545. The third kappa shape index (κ3) is 2.65. The van der Waals surface area contributed by atoms with Crippen molar-refractivity contribution in [3.63, 3.8) is 0 Å². The van der Waals surface area contributed by atoms with Crippen molar-refractivity contribution in [1.29, 1.82) is 0 Å². The van der Waals surface area contributed by atoms with Gasteiger partial charge in [-0.3, -0.25) is 4.79 Å². The number of carbonyl (C=O) groups is 1. The van der Waals surface area contributed by atoms with Crippen molar-refractivity contribution in [2.24, 2.45) is 0 Å². The minimum absolute atomic E-state index is 0.219. The SMILES string of the molecule is O=C1CCCC(C(F)F)N1c1ccc(Br)cc1. The summed E-state index contributed by atoms with van der Waals surface area (Å²) in [7, 11) is 0. The quantitative estimate of drug-likeness (QED) is 0.817. The Kier molecular flexibility index (Phi) is 3.76. The molecule has 0 aromatic heterocycles. The van der Waals surface area contributed by atoms with E-state index in [0.29, 0.717) is 24.9 Å². The van der Waals surface area contributed by atoms with E-state index in [0.717, 1.165) is 4.47 Å². The molecule has 2 nitrogen and oxygen atoms in total. The second-order valence-electron chi connectivity index (χ2n) is 4.03. The Morgan fingerprint density at radius 3 is 2.53 bits per heavy atom. The van der Waals surface area contributed by atoms with Gasteiger partial charge in [0.05, 0.1) is 6.04 Å². The number of hydrogen-bond acceptors (Lipinski definition) is 1. The Labute approximate surface area is 107 Å². The van der Waals surface area contributed by atoms with Gasteiger partial charge < -0.3 is 4.90 Å². The van der Waals surface area contributed by atoms with Crippen molar-refractivity contribution in [3.8, 4) is 0 Å². The van der Waals surface area contributed by atoms with Crippen LogP contribution in [0.5, 0.6) is 0 Å². The van der Waals surface area contributed by atoms with Gasteiger partial charge in [0.25, 0.3) is 6.43 Å². The minimum Gasteiger partial charge on any atom is -0.304 e. The largest absolute Gasteiger partial charge is 0.304 e. The van der Waals surface area contributed by atoms with Crippen LogP contribution in [0.3, 0.4) is 0 Å². The molecule has 2 rings (SSSR count).